The Kier molecular flexibility index (Phi) is 4.13. The lowest BCUT2D eigenvalue weighted by Gasteiger charge is -2.07. The number of hydrogen-bond donors (Lipinski definition) is 0. The van der Waals surface area contributed by atoms with Crippen LogP contribution in [0.15, 0.2) is 34.8 Å². The highest BCUT2D eigenvalue weighted by molar-refractivity contribution is 9.10. The van der Waals surface area contributed by atoms with Gasteiger partial charge in [0.15, 0.2) is 17.4 Å². The number of carbonyl (C=O) groups is 1. The van der Waals surface area contributed by atoms with Crippen molar-refractivity contribution in [2.24, 2.45) is 0 Å². The van der Waals surface area contributed by atoms with Crippen LogP contribution in [0.4, 0.5) is 13.2 Å². The van der Waals surface area contributed by atoms with E-state index >= 15 is 0 Å². The predicted molar refractivity (Wildman–Crippen MR) is 70.4 cm³/mol. The maximum absolute atomic E-state index is 13.8. The van der Waals surface area contributed by atoms with Gasteiger partial charge in [0.1, 0.15) is 11.6 Å². The molecular weight excluding hydrogens is 337 g/mol. The van der Waals surface area contributed by atoms with Crippen LogP contribution in [0.3, 0.4) is 0 Å². The molecule has 0 aromatic heterocycles. The van der Waals surface area contributed by atoms with E-state index < -0.39 is 23.2 Å². The fourth-order valence-corrected chi connectivity index (χ4v) is 2.15. The Labute approximate surface area is 121 Å². The Bertz CT molecular complexity index is 686. The molecule has 0 unspecified atom stereocenters. The maximum Gasteiger partial charge on any atom is 0.197 e. The van der Waals surface area contributed by atoms with Crippen molar-refractivity contribution in [3.05, 3.63) is 63.4 Å². The minimum atomic E-state index is -1.19. The molecule has 0 saturated heterocycles. The zero-order valence-corrected chi connectivity index (χ0v) is 11.8. The molecule has 6 heteroatoms. The van der Waals surface area contributed by atoms with Crippen LogP contribution in [0.1, 0.15) is 15.9 Å². The van der Waals surface area contributed by atoms with Crippen molar-refractivity contribution in [1.82, 2.24) is 0 Å². The van der Waals surface area contributed by atoms with Gasteiger partial charge in [0.25, 0.3) is 0 Å². The molecule has 0 saturated carbocycles. The highest BCUT2D eigenvalue weighted by Gasteiger charge is 2.20. The average Bonchev–Trinajstić information content (AvgIpc) is 2.44. The highest BCUT2D eigenvalue weighted by atomic mass is 79.9. The van der Waals surface area contributed by atoms with E-state index in [1.807, 2.05) is 0 Å². The van der Waals surface area contributed by atoms with Crippen LogP contribution in [0.5, 0.6) is 5.75 Å². The minimum Gasteiger partial charge on any atom is -0.497 e. The molecule has 2 nitrogen and oxygen atoms in total. The normalized spacial score (nSPS) is 10.4. The maximum atomic E-state index is 13.8. The van der Waals surface area contributed by atoms with Crippen molar-refractivity contribution in [2.75, 3.05) is 7.11 Å². The van der Waals surface area contributed by atoms with Crippen LogP contribution in [-0.2, 0) is 0 Å². The van der Waals surface area contributed by atoms with E-state index in [9.17, 15) is 18.0 Å². The summed E-state index contributed by atoms with van der Waals surface area (Å²) in [7, 11) is 1.36. The third-order valence-electron chi connectivity index (χ3n) is 2.70. The van der Waals surface area contributed by atoms with E-state index in [1.165, 1.54) is 19.2 Å². The zero-order valence-electron chi connectivity index (χ0n) is 10.2. The smallest absolute Gasteiger partial charge is 0.197 e. The lowest BCUT2D eigenvalue weighted by atomic mass is 10.0. The van der Waals surface area contributed by atoms with Gasteiger partial charge in [-0.25, -0.2) is 13.2 Å². The number of hydrogen-bond acceptors (Lipinski definition) is 2. The van der Waals surface area contributed by atoms with Crippen LogP contribution in [0, 0.1) is 17.5 Å². The molecule has 0 N–H and O–H groups in total. The molecule has 0 radical (unpaired) electrons. The van der Waals surface area contributed by atoms with E-state index in [4.69, 9.17) is 4.74 Å². The van der Waals surface area contributed by atoms with E-state index in [0.29, 0.717) is 0 Å². The summed E-state index contributed by atoms with van der Waals surface area (Å²) in [6.45, 7) is 0. The molecule has 0 aliphatic heterocycles. The van der Waals surface area contributed by atoms with Gasteiger partial charge in [-0.05, 0) is 40.2 Å². The first kappa shape index (κ1) is 14.6. The van der Waals surface area contributed by atoms with Crippen molar-refractivity contribution in [3.63, 3.8) is 0 Å². The number of halogens is 4. The van der Waals surface area contributed by atoms with Gasteiger partial charge in [0.2, 0.25) is 0 Å². The largest absolute Gasteiger partial charge is 0.497 e. The van der Waals surface area contributed by atoms with Crippen molar-refractivity contribution >= 4 is 21.7 Å². The summed E-state index contributed by atoms with van der Waals surface area (Å²) in [4.78, 5) is 12.2. The number of ketones is 1. The Hall–Kier alpha value is -1.82. The summed E-state index contributed by atoms with van der Waals surface area (Å²) in [6.07, 6.45) is 0. The molecule has 20 heavy (non-hydrogen) atoms. The molecule has 2 rings (SSSR count). The summed E-state index contributed by atoms with van der Waals surface area (Å²) in [5.41, 5.74) is -0.412. The van der Waals surface area contributed by atoms with Gasteiger partial charge in [0.05, 0.1) is 17.1 Å². The van der Waals surface area contributed by atoms with E-state index in [1.54, 1.807) is 0 Å². The first-order valence-electron chi connectivity index (χ1n) is 5.47. The van der Waals surface area contributed by atoms with Gasteiger partial charge in [0, 0.05) is 11.6 Å². The van der Waals surface area contributed by atoms with Crippen molar-refractivity contribution in [1.29, 1.82) is 0 Å². The second-order valence-electron chi connectivity index (χ2n) is 3.90. The molecule has 2 aromatic carbocycles. The summed E-state index contributed by atoms with van der Waals surface area (Å²) in [5.74, 6) is -3.58. The summed E-state index contributed by atoms with van der Waals surface area (Å²) in [5, 5.41) is 0. The third-order valence-corrected chi connectivity index (χ3v) is 3.48. The van der Waals surface area contributed by atoms with E-state index in [-0.39, 0.29) is 21.3 Å². The van der Waals surface area contributed by atoms with Gasteiger partial charge < -0.3 is 4.74 Å². The molecule has 2 aromatic rings. The van der Waals surface area contributed by atoms with E-state index in [2.05, 4.69) is 15.9 Å². The second kappa shape index (κ2) is 5.66. The Morgan fingerprint density at radius 1 is 1.05 bits per heavy atom. The number of ether oxygens (including phenoxy) is 1. The Balaban J connectivity index is 2.49. The summed E-state index contributed by atoms with van der Waals surface area (Å²) >= 11 is 2.80. The van der Waals surface area contributed by atoms with Gasteiger partial charge in [-0.1, -0.05) is 0 Å². The first-order chi connectivity index (χ1) is 9.45. The predicted octanol–water partition coefficient (Wildman–Crippen LogP) is 4.11. The molecule has 0 bridgehead atoms. The number of rotatable bonds is 3. The van der Waals surface area contributed by atoms with Crippen LogP contribution < -0.4 is 4.74 Å². The lowest BCUT2D eigenvalue weighted by molar-refractivity contribution is 0.103. The molecule has 0 aliphatic rings. The first-order valence-corrected chi connectivity index (χ1v) is 6.26. The minimum absolute atomic E-state index is 0.159. The van der Waals surface area contributed by atoms with Crippen LogP contribution >= 0.6 is 15.9 Å². The van der Waals surface area contributed by atoms with Crippen molar-refractivity contribution in [2.45, 2.75) is 0 Å². The molecule has 0 atom stereocenters. The van der Waals surface area contributed by atoms with Crippen LogP contribution in [-0.4, -0.2) is 12.9 Å². The second-order valence-corrected chi connectivity index (χ2v) is 4.69. The molecule has 0 amide bonds. The number of benzene rings is 2. The molecule has 0 fully saturated rings. The molecule has 104 valence electrons. The monoisotopic (exact) mass is 344 g/mol. The quantitative estimate of drug-likeness (QED) is 0.618. The summed E-state index contributed by atoms with van der Waals surface area (Å²) in [6, 6.07) is 5.58. The molecular formula is C14H8BrF3O2. The molecule has 0 aliphatic carbocycles. The topological polar surface area (TPSA) is 26.3 Å². The Morgan fingerprint density at radius 3 is 2.30 bits per heavy atom. The third kappa shape index (κ3) is 2.56. The number of methoxy groups -OCH3 is 1. The van der Waals surface area contributed by atoms with E-state index in [0.717, 1.165) is 18.2 Å². The molecule has 0 spiro atoms. The lowest BCUT2D eigenvalue weighted by Crippen LogP contribution is -2.07. The fraction of sp³-hybridized carbons (Fsp3) is 0.0714. The van der Waals surface area contributed by atoms with Gasteiger partial charge in [-0.3, -0.25) is 4.79 Å². The zero-order chi connectivity index (χ0) is 14.9. The van der Waals surface area contributed by atoms with Crippen molar-refractivity contribution < 1.29 is 22.7 Å². The summed E-state index contributed by atoms with van der Waals surface area (Å²) < 4.78 is 44.7. The van der Waals surface area contributed by atoms with Gasteiger partial charge in [-0.2, -0.15) is 0 Å². The fourth-order valence-electron chi connectivity index (χ4n) is 1.65. The Morgan fingerprint density at radius 2 is 1.70 bits per heavy atom. The van der Waals surface area contributed by atoms with Crippen LogP contribution in [0.25, 0.3) is 0 Å². The number of carbonyl (C=O) groups excluding carboxylic acids is 1. The SMILES string of the molecule is COc1ccc(C(=O)c2ccc(F)c(F)c2Br)c(F)c1. The van der Waals surface area contributed by atoms with Crippen molar-refractivity contribution in [3.8, 4) is 5.75 Å². The molecule has 0 heterocycles. The van der Waals surface area contributed by atoms with Gasteiger partial charge in [-0.15, -0.1) is 0 Å². The van der Waals surface area contributed by atoms with Gasteiger partial charge >= 0.3 is 0 Å². The highest BCUT2D eigenvalue weighted by Crippen LogP contribution is 2.27. The standard InChI is InChI=1S/C14H8BrF3O2/c1-20-7-2-3-8(11(17)6-7)14(19)9-4-5-10(16)13(18)12(9)15/h2-6H,1H3. The van der Waals surface area contributed by atoms with Crippen LogP contribution in [0.2, 0.25) is 0 Å². The average molecular weight is 345 g/mol.